The summed E-state index contributed by atoms with van der Waals surface area (Å²) in [6, 6.07) is 10.5. The van der Waals surface area contributed by atoms with Crippen LogP contribution >= 0.6 is 0 Å². The molecule has 18 heavy (non-hydrogen) atoms. The zero-order valence-corrected chi connectivity index (χ0v) is 11.5. The second kappa shape index (κ2) is 11.9. The van der Waals surface area contributed by atoms with Gasteiger partial charge in [-0.2, -0.15) is 0 Å². The molecular formula is C18H28. The standard InChI is InChI=1S/C15H18.C2H6.CH4/c1-4-5-7-10-13(2)14(3)15-11-8-6-9-12-15;1-2;/h4-12,14H,1H2,2-3H3;1-2H3;1H4/b7-5-,13-10+;;. The van der Waals surface area contributed by atoms with Crippen LogP contribution in [0.4, 0.5) is 0 Å². The van der Waals surface area contributed by atoms with Gasteiger partial charge in [-0.15, -0.1) is 0 Å². The molecule has 1 atom stereocenters. The third-order valence-corrected chi connectivity index (χ3v) is 2.59. The summed E-state index contributed by atoms with van der Waals surface area (Å²) in [5.41, 5.74) is 2.72. The van der Waals surface area contributed by atoms with Gasteiger partial charge in [-0.3, -0.25) is 0 Å². The highest BCUT2D eigenvalue weighted by Gasteiger charge is 2.04. The number of allylic oxidation sites excluding steroid dienone is 5. The SMILES string of the molecule is C.C=C/C=C\C=C(/C)C(C)c1ccccc1.CC. The van der Waals surface area contributed by atoms with Gasteiger partial charge in [-0.1, -0.05) is 95.0 Å². The minimum absolute atomic E-state index is 0. The molecule has 0 aromatic heterocycles. The van der Waals surface area contributed by atoms with Gasteiger partial charge < -0.3 is 0 Å². The van der Waals surface area contributed by atoms with Crippen molar-refractivity contribution in [2.45, 2.75) is 41.0 Å². The van der Waals surface area contributed by atoms with E-state index in [1.54, 1.807) is 6.08 Å². The Kier molecular flexibility index (Phi) is 12.4. The Labute approximate surface area is 114 Å². The lowest BCUT2D eigenvalue weighted by Crippen LogP contribution is -1.93. The van der Waals surface area contributed by atoms with Crippen LogP contribution in [0.15, 0.2) is 66.8 Å². The van der Waals surface area contributed by atoms with Crippen molar-refractivity contribution in [3.8, 4) is 0 Å². The number of hydrogen-bond acceptors (Lipinski definition) is 0. The molecule has 0 aliphatic rings. The van der Waals surface area contributed by atoms with Crippen LogP contribution in [0.2, 0.25) is 0 Å². The van der Waals surface area contributed by atoms with Crippen molar-refractivity contribution in [2.24, 2.45) is 0 Å². The first-order valence-corrected chi connectivity index (χ1v) is 6.26. The molecule has 0 saturated carbocycles. The Balaban J connectivity index is 0. The third kappa shape index (κ3) is 6.90. The van der Waals surface area contributed by atoms with Gasteiger partial charge in [0.15, 0.2) is 0 Å². The maximum atomic E-state index is 3.64. The Morgan fingerprint density at radius 3 is 2.17 bits per heavy atom. The summed E-state index contributed by atoms with van der Waals surface area (Å²) in [5.74, 6) is 0.473. The number of benzene rings is 1. The van der Waals surface area contributed by atoms with Crippen molar-refractivity contribution in [2.75, 3.05) is 0 Å². The topological polar surface area (TPSA) is 0 Å². The lowest BCUT2D eigenvalue weighted by Gasteiger charge is -2.11. The fourth-order valence-corrected chi connectivity index (χ4v) is 1.43. The summed E-state index contributed by atoms with van der Waals surface area (Å²) < 4.78 is 0. The van der Waals surface area contributed by atoms with Gasteiger partial charge in [0, 0.05) is 5.92 Å². The van der Waals surface area contributed by atoms with Crippen molar-refractivity contribution in [1.82, 2.24) is 0 Å². The van der Waals surface area contributed by atoms with Crippen LogP contribution in [-0.2, 0) is 0 Å². The van der Waals surface area contributed by atoms with Gasteiger partial charge >= 0.3 is 0 Å². The van der Waals surface area contributed by atoms with Crippen molar-refractivity contribution < 1.29 is 0 Å². The van der Waals surface area contributed by atoms with E-state index in [0.29, 0.717) is 5.92 Å². The summed E-state index contributed by atoms with van der Waals surface area (Å²) in [5, 5.41) is 0. The molecule has 1 aromatic rings. The van der Waals surface area contributed by atoms with E-state index < -0.39 is 0 Å². The van der Waals surface area contributed by atoms with E-state index >= 15 is 0 Å². The Hall–Kier alpha value is -1.56. The average molecular weight is 244 g/mol. The van der Waals surface area contributed by atoms with Gasteiger partial charge in [-0.05, 0) is 12.5 Å². The Morgan fingerprint density at radius 2 is 1.67 bits per heavy atom. The molecule has 1 unspecified atom stereocenters. The molecule has 0 bridgehead atoms. The lowest BCUT2D eigenvalue weighted by molar-refractivity contribution is 0.894. The fourth-order valence-electron chi connectivity index (χ4n) is 1.43. The van der Waals surface area contributed by atoms with Crippen LogP contribution in [0.1, 0.15) is 46.6 Å². The summed E-state index contributed by atoms with van der Waals surface area (Å²) in [7, 11) is 0. The second-order valence-electron chi connectivity index (χ2n) is 3.66. The third-order valence-electron chi connectivity index (χ3n) is 2.59. The van der Waals surface area contributed by atoms with Crippen molar-refractivity contribution in [3.63, 3.8) is 0 Å². The zero-order chi connectivity index (χ0) is 13.1. The monoisotopic (exact) mass is 244 g/mol. The number of hydrogen-bond donors (Lipinski definition) is 0. The molecule has 0 saturated heterocycles. The van der Waals surface area contributed by atoms with Crippen LogP contribution in [0.25, 0.3) is 0 Å². The molecule has 0 fully saturated rings. The average Bonchev–Trinajstić information content (AvgIpc) is 2.41. The van der Waals surface area contributed by atoms with E-state index in [2.05, 4.69) is 50.8 Å². The Bertz CT molecular complexity index is 355. The lowest BCUT2D eigenvalue weighted by atomic mass is 9.94. The van der Waals surface area contributed by atoms with Crippen LogP contribution in [0, 0.1) is 0 Å². The molecule has 0 spiro atoms. The number of rotatable bonds is 4. The molecule has 0 aliphatic carbocycles. The highest BCUT2D eigenvalue weighted by Crippen LogP contribution is 2.22. The van der Waals surface area contributed by atoms with E-state index in [4.69, 9.17) is 0 Å². The van der Waals surface area contributed by atoms with Crippen LogP contribution < -0.4 is 0 Å². The first-order chi connectivity index (χ1) is 8.25. The van der Waals surface area contributed by atoms with Crippen LogP contribution in [0.5, 0.6) is 0 Å². The summed E-state index contributed by atoms with van der Waals surface area (Å²) >= 11 is 0. The molecule has 0 nitrogen and oxygen atoms in total. The second-order valence-corrected chi connectivity index (χ2v) is 3.66. The molecule has 0 radical (unpaired) electrons. The minimum atomic E-state index is 0. The molecular weight excluding hydrogens is 216 g/mol. The maximum Gasteiger partial charge on any atom is 0.00201 e. The molecule has 0 heteroatoms. The summed E-state index contributed by atoms with van der Waals surface area (Å²) in [6.07, 6.45) is 7.90. The smallest absolute Gasteiger partial charge is 0.00201 e. The van der Waals surface area contributed by atoms with Crippen molar-refractivity contribution in [1.29, 1.82) is 0 Å². The van der Waals surface area contributed by atoms with Gasteiger partial charge in [-0.25, -0.2) is 0 Å². The molecule has 0 heterocycles. The van der Waals surface area contributed by atoms with Crippen molar-refractivity contribution in [3.05, 3.63) is 72.4 Å². The van der Waals surface area contributed by atoms with Crippen LogP contribution in [0.3, 0.4) is 0 Å². The molecule has 0 N–H and O–H groups in total. The maximum absolute atomic E-state index is 3.64. The van der Waals surface area contributed by atoms with Crippen molar-refractivity contribution >= 4 is 0 Å². The van der Waals surface area contributed by atoms with E-state index in [0.717, 1.165) is 0 Å². The predicted molar refractivity (Wildman–Crippen MR) is 86.0 cm³/mol. The normalized spacial score (nSPS) is 12.1. The van der Waals surface area contributed by atoms with Gasteiger partial charge in [0.25, 0.3) is 0 Å². The van der Waals surface area contributed by atoms with Crippen LogP contribution in [-0.4, -0.2) is 0 Å². The van der Waals surface area contributed by atoms with Gasteiger partial charge in [0.2, 0.25) is 0 Å². The largest absolute Gasteiger partial charge is 0.0991 e. The first kappa shape index (κ1) is 18.8. The first-order valence-electron chi connectivity index (χ1n) is 6.26. The van der Waals surface area contributed by atoms with E-state index in [-0.39, 0.29) is 7.43 Å². The molecule has 1 aromatic carbocycles. The highest BCUT2D eigenvalue weighted by atomic mass is 14.1. The van der Waals surface area contributed by atoms with Gasteiger partial charge in [0.05, 0.1) is 0 Å². The predicted octanol–water partition coefficient (Wildman–Crippen LogP) is 6.14. The van der Waals surface area contributed by atoms with E-state index in [1.807, 2.05) is 32.1 Å². The Morgan fingerprint density at radius 1 is 1.11 bits per heavy atom. The highest BCUT2D eigenvalue weighted by molar-refractivity contribution is 5.29. The molecule has 1 rings (SSSR count). The summed E-state index contributed by atoms with van der Waals surface area (Å²) in [4.78, 5) is 0. The molecule has 100 valence electrons. The fraction of sp³-hybridized carbons (Fsp3) is 0.333. The molecule has 0 aliphatic heterocycles. The van der Waals surface area contributed by atoms with E-state index in [9.17, 15) is 0 Å². The summed E-state index contributed by atoms with van der Waals surface area (Å²) in [6.45, 7) is 12.0. The minimum Gasteiger partial charge on any atom is -0.0991 e. The van der Waals surface area contributed by atoms with E-state index in [1.165, 1.54) is 11.1 Å². The van der Waals surface area contributed by atoms with Gasteiger partial charge in [0.1, 0.15) is 0 Å². The quantitative estimate of drug-likeness (QED) is 0.558. The zero-order valence-electron chi connectivity index (χ0n) is 11.5. The molecule has 0 amide bonds.